The van der Waals surface area contributed by atoms with Gasteiger partial charge in [-0.25, -0.2) is 0 Å². The molecule has 2 aromatic rings. The van der Waals surface area contributed by atoms with Crippen LogP contribution in [-0.2, 0) is 6.42 Å². The lowest BCUT2D eigenvalue weighted by Crippen LogP contribution is -2.25. The predicted octanol–water partition coefficient (Wildman–Crippen LogP) is 2.62. The van der Waals surface area contributed by atoms with Crippen LogP contribution in [0.2, 0.25) is 0 Å². The molecule has 2 atom stereocenters. The summed E-state index contributed by atoms with van der Waals surface area (Å²) >= 11 is 0. The molecule has 3 aliphatic rings. The number of hydrogen-bond donors (Lipinski definition) is 2. The first-order valence-corrected chi connectivity index (χ1v) is 8.19. The molecule has 2 heterocycles. The third-order valence-corrected chi connectivity index (χ3v) is 5.60. The van der Waals surface area contributed by atoms with Crippen LogP contribution in [0.5, 0.6) is 5.75 Å². The standard InChI is InChI=1S/C19H20N2O/c22-17-2-4-19-13(7-17)5-12-6-16(1-3-18(12)19)21-10-14-8-20-9-15(14)11-21/h1-4,6-7,14-15,20,22H,5,8-11H2. The van der Waals surface area contributed by atoms with Crippen molar-refractivity contribution in [3.8, 4) is 16.9 Å². The van der Waals surface area contributed by atoms with Crippen LogP contribution in [0.3, 0.4) is 0 Å². The fraction of sp³-hybridized carbons (Fsp3) is 0.368. The van der Waals surface area contributed by atoms with Gasteiger partial charge < -0.3 is 15.3 Å². The molecule has 1 aliphatic carbocycles. The summed E-state index contributed by atoms with van der Waals surface area (Å²) in [6.45, 7) is 4.72. The molecule has 2 fully saturated rings. The molecule has 3 nitrogen and oxygen atoms in total. The van der Waals surface area contributed by atoms with Crippen LogP contribution in [0.4, 0.5) is 5.69 Å². The SMILES string of the molecule is Oc1ccc2c(c1)Cc1cc(N3CC4CNCC4C3)ccc1-2. The molecule has 0 aromatic heterocycles. The fourth-order valence-electron chi connectivity index (χ4n) is 4.45. The van der Waals surface area contributed by atoms with E-state index in [2.05, 4.69) is 28.4 Å². The summed E-state index contributed by atoms with van der Waals surface area (Å²) in [7, 11) is 0. The lowest BCUT2D eigenvalue weighted by molar-refractivity contribution is 0.475. The Kier molecular flexibility index (Phi) is 2.56. The number of phenols is 1. The lowest BCUT2D eigenvalue weighted by Gasteiger charge is -2.20. The van der Waals surface area contributed by atoms with Gasteiger partial charge in [0.1, 0.15) is 5.75 Å². The predicted molar refractivity (Wildman–Crippen MR) is 88.4 cm³/mol. The fourth-order valence-corrected chi connectivity index (χ4v) is 4.45. The van der Waals surface area contributed by atoms with Gasteiger partial charge in [-0.15, -0.1) is 0 Å². The smallest absolute Gasteiger partial charge is 0.115 e. The summed E-state index contributed by atoms with van der Waals surface area (Å²) in [6, 6.07) is 12.6. The molecule has 0 bridgehead atoms. The summed E-state index contributed by atoms with van der Waals surface area (Å²) in [5.41, 5.74) is 6.62. The number of hydrogen-bond acceptors (Lipinski definition) is 3. The highest BCUT2D eigenvalue weighted by molar-refractivity contribution is 5.79. The molecule has 2 aromatic carbocycles. The van der Waals surface area contributed by atoms with Crippen LogP contribution in [0.25, 0.3) is 11.1 Å². The van der Waals surface area contributed by atoms with Gasteiger partial charge in [-0.05, 0) is 64.8 Å². The quantitative estimate of drug-likeness (QED) is 0.724. The average molecular weight is 292 g/mol. The number of rotatable bonds is 1. The Morgan fingerprint density at radius 3 is 2.36 bits per heavy atom. The Bertz CT molecular complexity index is 743. The van der Waals surface area contributed by atoms with Crippen LogP contribution in [-0.4, -0.2) is 31.3 Å². The average Bonchev–Trinajstić information content (AvgIpc) is 3.17. The zero-order valence-corrected chi connectivity index (χ0v) is 12.5. The Balaban J connectivity index is 1.47. The van der Waals surface area contributed by atoms with Crippen LogP contribution >= 0.6 is 0 Å². The summed E-state index contributed by atoms with van der Waals surface area (Å²) in [4.78, 5) is 2.55. The minimum absolute atomic E-state index is 0.367. The number of benzene rings is 2. The van der Waals surface area contributed by atoms with Crippen molar-refractivity contribution in [3.63, 3.8) is 0 Å². The van der Waals surface area contributed by atoms with Crippen LogP contribution in [0, 0.1) is 11.8 Å². The van der Waals surface area contributed by atoms with Crippen molar-refractivity contribution in [2.45, 2.75) is 6.42 Å². The number of anilines is 1. The summed E-state index contributed by atoms with van der Waals surface area (Å²) in [5.74, 6) is 2.01. The Labute approximate surface area is 130 Å². The topological polar surface area (TPSA) is 35.5 Å². The Hall–Kier alpha value is -2.00. The van der Waals surface area contributed by atoms with E-state index < -0.39 is 0 Å². The zero-order chi connectivity index (χ0) is 14.7. The van der Waals surface area contributed by atoms with Gasteiger partial charge in [0, 0.05) is 31.9 Å². The van der Waals surface area contributed by atoms with Gasteiger partial charge in [-0.2, -0.15) is 0 Å². The van der Waals surface area contributed by atoms with Crippen molar-refractivity contribution in [2.75, 3.05) is 31.1 Å². The van der Waals surface area contributed by atoms with E-state index in [-0.39, 0.29) is 0 Å². The van der Waals surface area contributed by atoms with Gasteiger partial charge in [0.05, 0.1) is 0 Å². The van der Waals surface area contributed by atoms with E-state index in [0.717, 1.165) is 18.3 Å². The summed E-state index contributed by atoms with van der Waals surface area (Å²) in [6.07, 6.45) is 0.940. The Morgan fingerprint density at radius 1 is 0.909 bits per heavy atom. The third kappa shape index (κ3) is 1.78. The molecule has 0 amide bonds. The minimum Gasteiger partial charge on any atom is -0.508 e. The third-order valence-electron chi connectivity index (χ3n) is 5.60. The molecule has 22 heavy (non-hydrogen) atoms. The van der Waals surface area contributed by atoms with Gasteiger partial charge in [0.15, 0.2) is 0 Å². The number of fused-ring (bicyclic) bond motifs is 4. The molecule has 2 aliphatic heterocycles. The maximum absolute atomic E-state index is 9.68. The minimum atomic E-state index is 0.367. The largest absolute Gasteiger partial charge is 0.508 e. The molecule has 2 N–H and O–H groups in total. The molecular weight excluding hydrogens is 272 g/mol. The second-order valence-electron chi connectivity index (χ2n) is 6.94. The monoisotopic (exact) mass is 292 g/mol. The highest BCUT2D eigenvalue weighted by Gasteiger charge is 2.36. The van der Waals surface area contributed by atoms with Crippen molar-refractivity contribution in [3.05, 3.63) is 47.5 Å². The second-order valence-corrected chi connectivity index (χ2v) is 6.94. The van der Waals surface area contributed by atoms with Gasteiger partial charge in [0.2, 0.25) is 0 Å². The van der Waals surface area contributed by atoms with Crippen molar-refractivity contribution in [1.82, 2.24) is 5.32 Å². The van der Waals surface area contributed by atoms with Crippen molar-refractivity contribution < 1.29 is 5.11 Å². The lowest BCUT2D eigenvalue weighted by atomic mass is 10.0. The maximum atomic E-state index is 9.68. The molecule has 0 spiro atoms. The van der Waals surface area contributed by atoms with Gasteiger partial charge in [-0.3, -0.25) is 0 Å². The highest BCUT2D eigenvalue weighted by Crippen LogP contribution is 2.40. The molecule has 0 radical (unpaired) electrons. The molecule has 2 saturated heterocycles. The van der Waals surface area contributed by atoms with E-state index in [1.807, 2.05) is 12.1 Å². The maximum Gasteiger partial charge on any atom is 0.115 e. The van der Waals surface area contributed by atoms with Crippen LogP contribution in [0.15, 0.2) is 36.4 Å². The van der Waals surface area contributed by atoms with Gasteiger partial charge in [-0.1, -0.05) is 12.1 Å². The molecule has 2 unspecified atom stereocenters. The normalized spacial score (nSPS) is 25.2. The first kappa shape index (κ1) is 12.5. The first-order valence-electron chi connectivity index (χ1n) is 8.19. The van der Waals surface area contributed by atoms with Gasteiger partial charge in [0.25, 0.3) is 0 Å². The van der Waals surface area contributed by atoms with E-state index in [0.29, 0.717) is 5.75 Å². The molecule has 112 valence electrons. The van der Waals surface area contributed by atoms with Crippen molar-refractivity contribution in [1.29, 1.82) is 0 Å². The highest BCUT2D eigenvalue weighted by atomic mass is 16.3. The summed E-state index contributed by atoms with van der Waals surface area (Å²) < 4.78 is 0. The summed E-state index contributed by atoms with van der Waals surface area (Å²) in [5, 5.41) is 13.2. The molecular formula is C19H20N2O. The second kappa shape index (κ2) is 4.50. The van der Waals surface area contributed by atoms with E-state index in [9.17, 15) is 5.11 Å². The van der Waals surface area contributed by atoms with Crippen LogP contribution in [0.1, 0.15) is 11.1 Å². The van der Waals surface area contributed by atoms with Crippen LogP contribution < -0.4 is 10.2 Å². The Morgan fingerprint density at radius 2 is 1.59 bits per heavy atom. The van der Waals surface area contributed by atoms with Crippen molar-refractivity contribution in [2.24, 2.45) is 11.8 Å². The van der Waals surface area contributed by atoms with E-state index in [1.54, 1.807) is 6.07 Å². The number of aromatic hydroxyl groups is 1. The van der Waals surface area contributed by atoms with E-state index >= 15 is 0 Å². The van der Waals surface area contributed by atoms with Gasteiger partial charge >= 0.3 is 0 Å². The number of phenolic OH excluding ortho intramolecular Hbond substituents is 1. The molecule has 5 rings (SSSR count). The molecule has 0 saturated carbocycles. The van der Waals surface area contributed by atoms with E-state index in [1.165, 1.54) is 54.1 Å². The zero-order valence-electron chi connectivity index (χ0n) is 12.5. The molecule has 3 heteroatoms. The van der Waals surface area contributed by atoms with Crippen molar-refractivity contribution >= 4 is 5.69 Å². The van der Waals surface area contributed by atoms with E-state index in [4.69, 9.17) is 0 Å². The number of nitrogens with one attached hydrogen (secondary N) is 1. The number of nitrogens with zero attached hydrogens (tertiary/aromatic N) is 1. The first-order chi connectivity index (χ1) is 10.8.